The maximum Gasteiger partial charge on any atom is 0.258 e. The molecule has 2 aromatic carbocycles. The standard InChI is InChI=1S/C34H44N4O3/c1-23-20-26(10-11-27(23)21-35-32(39)25-12-16-37(17-13-25)19-15-34(3,4)5)33(40)38-18-14-30-29(22-41-24(2)36-30)28-8-6-7-9-31(28)38/h6-11,20,25H,12-19,21-22H2,1-5H3,(H,35,39). The molecule has 218 valence electrons. The molecule has 3 aliphatic heterocycles. The first-order valence-electron chi connectivity index (χ1n) is 15.0. The normalized spacial score (nSPS) is 18.2. The van der Waals surface area contributed by atoms with E-state index in [4.69, 9.17) is 4.74 Å². The molecular formula is C34H44N4O3. The van der Waals surface area contributed by atoms with E-state index in [2.05, 4.69) is 36.0 Å². The highest BCUT2D eigenvalue weighted by Gasteiger charge is 2.29. The van der Waals surface area contributed by atoms with Gasteiger partial charge in [-0.05, 0) is 80.6 Å². The Labute approximate surface area is 244 Å². The number of hydrogen-bond donors (Lipinski definition) is 1. The van der Waals surface area contributed by atoms with Crippen molar-refractivity contribution in [3.63, 3.8) is 0 Å². The van der Waals surface area contributed by atoms with Gasteiger partial charge in [-0.15, -0.1) is 0 Å². The summed E-state index contributed by atoms with van der Waals surface area (Å²) in [6.45, 7) is 15.3. The van der Waals surface area contributed by atoms with Gasteiger partial charge in [-0.3, -0.25) is 9.59 Å². The molecule has 2 aromatic rings. The van der Waals surface area contributed by atoms with E-state index in [1.807, 2.05) is 61.2 Å². The molecule has 0 unspecified atom stereocenters. The van der Waals surface area contributed by atoms with E-state index in [0.29, 0.717) is 43.0 Å². The molecule has 0 atom stereocenters. The summed E-state index contributed by atoms with van der Waals surface area (Å²) in [5, 5.41) is 3.16. The summed E-state index contributed by atoms with van der Waals surface area (Å²) in [7, 11) is 0. The Balaban J connectivity index is 1.20. The van der Waals surface area contributed by atoms with E-state index >= 15 is 0 Å². The quantitative estimate of drug-likeness (QED) is 0.476. The lowest BCUT2D eigenvalue weighted by Crippen LogP contribution is -2.41. The van der Waals surface area contributed by atoms with Crippen molar-refractivity contribution in [1.29, 1.82) is 0 Å². The molecule has 0 aromatic heterocycles. The fraction of sp³-hybridized carbons (Fsp3) is 0.500. The van der Waals surface area contributed by atoms with Crippen LogP contribution in [0.4, 0.5) is 5.69 Å². The van der Waals surface area contributed by atoms with Crippen LogP contribution in [0.1, 0.15) is 80.4 Å². The first-order valence-corrected chi connectivity index (χ1v) is 15.0. The van der Waals surface area contributed by atoms with Crippen LogP contribution in [0, 0.1) is 18.3 Å². The van der Waals surface area contributed by atoms with Crippen LogP contribution in [-0.2, 0) is 16.1 Å². The predicted molar refractivity (Wildman–Crippen MR) is 165 cm³/mol. The lowest BCUT2D eigenvalue weighted by molar-refractivity contribution is -0.126. The zero-order valence-corrected chi connectivity index (χ0v) is 25.3. The van der Waals surface area contributed by atoms with Crippen LogP contribution >= 0.6 is 0 Å². The highest BCUT2D eigenvalue weighted by molar-refractivity contribution is 6.08. The number of anilines is 1. The fourth-order valence-electron chi connectivity index (χ4n) is 5.93. The van der Waals surface area contributed by atoms with Gasteiger partial charge in [0, 0.05) is 49.1 Å². The molecule has 7 nitrogen and oxygen atoms in total. The van der Waals surface area contributed by atoms with Crippen LogP contribution in [0.25, 0.3) is 5.57 Å². The number of carbonyl (C=O) groups is 2. The molecule has 1 saturated heterocycles. The second kappa shape index (κ2) is 12.2. The monoisotopic (exact) mass is 556 g/mol. The summed E-state index contributed by atoms with van der Waals surface area (Å²) < 4.78 is 5.73. The number of nitrogens with one attached hydrogen (secondary N) is 1. The van der Waals surface area contributed by atoms with E-state index < -0.39 is 0 Å². The van der Waals surface area contributed by atoms with E-state index in [1.165, 1.54) is 6.42 Å². The Kier molecular flexibility index (Phi) is 8.64. The maximum atomic E-state index is 13.8. The summed E-state index contributed by atoms with van der Waals surface area (Å²) in [4.78, 5) is 35.8. The summed E-state index contributed by atoms with van der Waals surface area (Å²) in [6, 6.07) is 13.8. The number of benzene rings is 2. The number of rotatable bonds is 6. The van der Waals surface area contributed by atoms with Crippen molar-refractivity contribution in [3.05, 3.63) is 70.4 Å². The molecule has 0 aliphatic carbocycles. The Morgan fingerprint density at radius 2 is 1.80 bits per heavy atom. The number of aliphatic imine (C=N–C) groups is 1. The lowest BCUT2D eigenvalue weighted by atomic mass is 9.90. The number of para-hydroxylation sites is 1. The maximum absolute atomic E-state index is 13.8. The number of ether oxygens (including phenoxy) is 1. The summed E-state index contributed by atoms with van der Waals surface area (Å²) in [6.07, 6.45) is 3.67. The third-order valence-corrected chi connectivity index (χ3v) is 8.58. The highest BCUT2D eigenvalue weighted by Crippen LogP contribution is 2.37. The highest BCUT2D eigenvalue weighted by atomic mass is 16.5. The zero-order chi connectivity index (χ0) is 29.1. The minimum absolute atomic E-state index is 0.0316. The van der Waals surface area contributed by atoms with E-state index in [0.717, 1.165) is 66.1 Å². The van der Waals surface area contributed by atoms with Crippen LogP contribution in [0.15, 0.2) is 53.2 Å². The zero-order valence-electron chi connectivity index (χ0n) is 25.3. The molecule has 0 radical (unpaired) electrons. The van der Waals surface area contributed by atoms with Gasteiger partial charge in [-0.1, -0.05) is 45.0 Å². The first kappa shape index (κ1) is 29.1. The number of nitrogens with zero attached hydrogens (tertiary/aromatic N) is 3. The van der Waals surface area contributed by atoms with Crippen molar-refractivity contribution < 1.29 is 14.3 Å². The van der Waals surface area contributed by atoms with E-state index in [9.17, 15) is 9.59 Å². The van der Waals surface area contributed by atoms with Crippen molar-refractivity contribution in [1.82, 2.24) is 10.2 Å². The van der Waals surface area contributed by atoms with Crippen LogP contribution < -0.4 is 10.2 Å². The van der Waals surface area contributed by atoms with Gasteiger partial charge in [0.25, 0.3) is 5.91 Å². The van der Waals surface area contributed by atoms with Gasteiger partial charge in [0.15, 0.2) is 5.90 Å². The average molecular weight is 557 g/mol. The van der Waals surface area contributed by atoms with Crippen molar-refractivity contribution in [2.24, 2.45) is 16.3 Å². The van der Waals surface area contributed by atoms with Crippen LogP contribution in [-0.4, -0.2) is 55.4 Å². The third-order valence-electron chi connectivity index (χ3n) is 8.58. The summed E-state index contributed by atoms with van der Waals surface area (Å²) >= 11 is 0. The molecule has 41 heavy (non-hydrogen) atoms. The molecule has 3 heterocycles. The van der Waals surface area contributed by atoms with Gasteiger partial charge < -0.3 is 19.9 Å². The average Bonchev–Trinajstić information content (AvgIpc) is 3.11. The number of aryl methyl sites for hydroxylation is 1. The Bertz CT molecular complexity index is 1360. The molecule has 3 aliphatic rings. The van der Waals surface area contributed by atoms with Crippen LogP contribution in [0.2, 0.25) is 0 Å². The van der Waals surface area contributed by atoms with Crippen molar-refractivity contribution >= 4 is 29.0 Å². The molecule has 0 spiro atoms. The van der Waals surface area contributed by atoms with Crippen LogP contribution in [0.5, 0.6) is 0 Å². The first-order chi connectivity index (χ1) is 19.6. The molecule has 1 fully saturated rings. The van der Waals surface area contributed by atoms with Crippen molar-refractivity contribution in [3.8, 4) is 0 Å². The number of likely N-dealkylation sites (tertiary alicyclic amines) is 1. The second-order valence-corrected chi connectivity index (χ2v) is 12.9. The Morgan fingerprint density at radius 1 is 1.05 bits per heavy atom. The molecule has 5 rings (SSSR count). The fourth-order valence-corrected chi connectivity index (χ4v) is 5.93. The predicted octanol–water partition coefficient (Wildman–Crippen LogP) is 5.97. The van der Waals surface area contributed by atoms with E-state index in [-0.39, 0.29) is 17.7 Å². The van der Waals surface area contributed by atoms with Gasteiger partial charge in [0.05, 0.1) is 11.4 Å². The van der Waals surface area contributed by atoms with E-state index in [1.54, 1.807) is 0 Å². The van der Waals surface area contributed by atoms with Gasteiger partial charge in [-0.2, -0.15) is 0 Å². The Morgan fingerprint density at radius 3 is 2.54 bits per heavy atom. The largest absolute Gasteiger partial charge is 0.476 e. The van der Waals surface area contributed by atoms with Gasteiger partial charge in [0.1, 0.15) is 6.61 Å². The molecular weight excluding hydrogens is 512 g/mol. The molecule has 0 bridgehead atoms. The number of amides is 2. The van der Waals surface area contributed by atoms with Crippen LogP contribution in [0.3, 0.4) is 0 Å². The summed E-state index contributed by atoms with van der Waals surface area (Å²) in [5.41, 5.74) is 6.96. The minimum atomic E-state index is -0.0316. The number of fused-ring (bicyclic) bond motifs is 2. The Hall–Kier alpha value is -3.45. The minimum Gasteiger partial charge on any atom is -0.476 e. The molecule has 1 N–H and O–H groups in total. The van der Waals surface area contributed by atoms with Gasteiger partial charge >= 0.3 is 0 Å². The molecule has 2 amide bonds. The van der Waals surface area contributed by atoms with Gasteiger partial charge in [0.2, 0.25) is 5.91 Å². The summed E-state index contributed by atoms with van der Waals surface area (Å²) in [5.74, 6) is 0.847. The topological polar surface area (TPSA) is 74.2 Å². The smallest absolute Gasteiger partial charge is 0.258 e. The third kappa shape index (κ3) is 6.89. The molecule has 0 saturated carbocycles. The number of piperidine rings is 1. The molecule has 7 heteroatoms. The number of carbonyl (C=O) groups excluding carboxylic acids is 2. The second-order valence-electron chi connectivity index (χ2n) is 12.9. The lowest BCUT2D eigenvalue weighted by Gasteiger charge is -2.33. The number of hydrogen-bond acceptors (Lipinski definition) is 5. The van der Waals surface area contributed by atoms with Gasteiger partial charge in [-0.25, -0.2) is 4.99 Å². The SMILES string of the molecule is CC1=NC2=C(CO1)c1ccccc1N(C(=O)c1ccc(CNC(=O)C3CCN(CCC(C)(C)C)CC3)c(C)c1)CC2. The van der Waals surface area contributed by atoms with Crippen molar-refractivity contribution in [2.45, 2.75) is 66.8 Å². The van der Waals surface area contributed by atoms with Crippen molar-refractivity contribution in [2.75, 3.05) is 37.7 Å².